The Morgan fingerprint density at radius 2 is 1.75 bits per heavy atom. The van der Waals surface area contributed by atoms with Gasteiger partial charge in [-0.15, -0.1) is 11.3 Å². The summed E-state index contributed by atoms with van der Waals surface area (Å²) in [7, 11) is 0. The molecular formula is C22H21N5S. The Balaban J connectivity index is 1.81. The van der Waals surface area contributed by atoms with Crippen LogP contribution >= 0.6 is 11.3 Å². The summed E-state index contributed by atoms with van der Waals surface area (Å²) in [6.07, 6.45) is 9.32. The number of hydrogen-bond acceptors (Lipinski definition) is 6. The first-order valence-electron chi connectivity index (χ1n) is 9.42. The average Bonchev–Trinajstić information content (AvgIpc) is 3.21. The Bertz CT molecular complexity index is 1050. The molecular weight excluding hydrogens is 366 g/mol. The molecule has 28 heavy (non-hydrogen) atoms. The van der Waals surface area contributed by atoms with Crippen LogP contribution in [0, 0.1) is 0 Å². The lowest BCUT2D eigenvalue weighted by Crippen LogP contribution is -1.97. The molecule has 4 heterocycles. The highest BCUT2D eigenvalue weighted by atomic mass is 32.1. The molecule has 6 heteroatoms. The summed E-state index contributed by atoms with van der Waals surface area (Å²) in [5.74, 6) is 0.990. The van der Waals surface area contributed by atoms with E-state index in [-0.39, 0.29) is 0 Å². The highest BCUT2D eigenvalue weighted by Gasteiger charge is 2.20. The monoisotopic (exact) mass is 387 g/mol. The molecule has 0 bridgehead atoms. The van der Waals surface area contributed by atoms with Crippen LogP contribution in [0.5, 0.6) is 0 Å². The van der Waals surface area contributed by atoms with Crippen molar-refractivity contribution in [3.63, 3.8) is 0 Å². The Hall–Kier alpha value is -2.99. The Morgan fingerprint density at radius 3 is 2.50 bits per heavy atom. The number of thiazole rings is 1. The summed E-state index contributed by atoms with van der Waals surface area (Å²) in [5, 5.41) is 0.976. The van der Waals surface area contributed by atoms with Crippen LogP contribution in [0.15, 0.2) is 61.2 Å². The van der Waals surface area contributed by atoms with Crippen LogP contribution < -0.4 is 0 Å². The highest BCUT2D eigenvalue weighted by molar-refractivity contribution is 7.18. The van der Waals surface area contributed by atoms with Crippen LogP contribution in [0.25, 0.3) is 32.7 Å². The zero-order chi connectivity index (χ0) is 19.3. The molecule has 5 nitrogen and oxygen atoms in total. The minimum atomic E-state index is 0.361. The fourth-order valence-electron chi connectivity index (χ4n) is 3.15. The van der Waals surface area contributed by atoms with Crippen molar-refractivity contribution in [2.24, 2.45) is 0 Å². The molecule has 0 saturated heterocycles. The van der Waals surface area contributed by atoms with E-state index in [1.165, 1.54) is 0 Å². The van der Waals surface area contributed by atoms with E-state index in [1.54, 1.807) is 36.0 Å². The number of nitrogens with zero attached hydrogens (tertiary/aromatic N) is 5. The molecule has 4 rings (SSSR count). The molecule has 0 aliphatic carbocycles. The smallest absolute Gasteiger partial charge is 0.178 e. The van der Waals surface area contributed by atoms with Gasteiger partial charge in [0.2, 0.25) is 0 Å². The van der Waals surface area contributed by atoms with E-state index >= 15 is 0 Å². The van der Waals surface area contributed by atoms with E-state index in [0.717, 1.165) is 45.4 Å². The van der Waals surface area contributed by atoms with Gasteiger partial charge in [-0.1, -0.05) is 26.3 Å². The summed E-state index contributed by atoms with van der Waals surface area (Å²) in [6, 6.07) is 11.8. The molecule has 0 aliphatic rings. The van der Waals surface area contributed by atoms with Crippen LogP contribution in [0.3, 0.4) is 0 Å². The third kappa shape index (κ3) is 3.82. The molecule has 0 radical (unpaired) electrons. The van der Waals surface area contributed by atoms with E-state index in [9.17, 15) is 0 Å². The van der Waals surface area contributed by atoms with Crippen molar-refractivity contribution in [3.05, 3.63) is 66.9 Å². The zero-order valence-electron chi connectivity index (χ0n) is 15.9. The van der Waals surface area contributed by atoms with Crippen molar-refractivity contribution >= 4 is 11.3 Å². The summed E-state index contributed by atoms with van der Waals surface area (Å²) in [6.45, 7) is 4.44. The fraction of sp³-hybridized carbons (Fsp3) is 0.227. The van der Waals surface area contributed by atoms with E-state index in [4.69, 9.17) is 9.97 Å². The summed E-state index contributed by atoms with van der Waals surface area (Å²) in [4.78, 5) is 23.8. The first-order chi connectivity index (χ1) is 13.8. The van der Waals surface area contributed by atoms with Crippen molar-refractivity contribution in [2.45, 2.75) is 32.6 Å². The number of hydrogen-bond donors (Lipinski definition) is 0. The maximum absolute atomic E-state index is 4.99. The van der Waals surface area contributed by atoms with Crippen molar-refractivity contribution in [1.29, 1.82) is 0 Å². The van der Waals surface area contributed by atoms with Crippen molar-refractivity contribution in [1.82, 2.24) is 24.9 Å². The normalized spacial score (nSPS) is 12.1. The zero-order valence-corrected chi connectivity index (χ0v) is 16.7. The average molecular weight is 388 g/mol. The van der Waals surface area contributed by atoms with E-state index in [2.05, 4.69) is 28.8 Å². The van der Waals surface area contributed by atoms with Gasteiger partial charge >= 0.3 is 0 Å². The second kappa shape index (κ2) is 8.35. The molecule has 140 valence electrons. The number of pyridine rings is 2. The van der Waals surface area contributed by atoms with Gasteiger partial charge in [0.15, 0.2) is 5.82 Å². The van der Waals surface area contributed by atoms with Crippen LogP contribution in [-0.4, -0.2) is 24.9 Å². The summed E-state index contributed by atoms with van der Waals surface area (Å²) < 4.78 is 0. The molecule has 0 amide bonds. The lowest BCUT2D eigenvalue weighted by molar-refractivity contribution is 0.652. The van der Waals surface area contributed by atoms with E-state index in [0.29, 0.717) is 11.7 Å². The van der Waals surface area contributed by atoms with Gasteiger partial charge in [-0.3, -0.25) is 4.98 Å². The Kier molecular flexibility index (Phi) is 5.48. The van der Waals surface area contributed by atoms with Crippen LogP contribution in [0.2, 0.25) is 0 Å². The molecule has 0 spiro atoms. The molecule has 4 aromatic rings. The molecule has 1 atom stereocenters. The van der Waals surface area contributed by atoms with Crippen molar-refractivity contribution in [3.8, 4) is 32.7 Å². The number of rotatable bonds is 6. The summed E-state index contributed by atoms with van der Waals surface area (Å²) >= 11 is 1.67. The van der Waals surface area contributed by atoms with E-state index < -0.39 is 0 Å². The first kappa shape index (κ1) is 18.4. The van der Waals surface area contributed by atoms with Gasteiger partial charge in [-0.25, -0.2) is 19.9 Å². The van der Waals surface area contributed by atoms with Crippen LogP contribution in [0.1, 0.15) is 38.3 Å². The lowest BCUT2D eigenvalue weighted by atomic mass is 10.00. The first-order valence-corrected chi connectivity index (χ1v) is 10.2. The minimum Gasteiger partial charge on any atom is -0.264 e. The summed E-state index contributed by atoms with van der Waals surface area (Å²) in [5.41, 5.74) is 3.81. The van der Waals surface area contributed by atoms with Crippen LogP contribution in [0.4, 0.5) is 0 Å². The molecule has 4 aromatic heterocycles. The molecule has 0 aliphatic heterocycles. The van der Waals surface area contributed by atoms with Gasteiger partial charge in [-0.05, 0) is 42.7 Å². The molecule has 1 unspecified atom stereocenters. The van der Waals surface area contributed by atoms with Gasteiger partial charge in [-0.2, -0.15) is 0 Å². The molecule has 0 saturated carbocycles. The van der Waals surface area contributed by atoms with Crippen LogP contribution in [-0.2, 0) is 0 Å². The fourth-order valence-corrected chi connectivity index (χ4v) is 4.29. The third-order valence-corrected chi connectivity index (χ3v) is 5.67. The van der Waals surface area contributed by atoms with Gasteiger partial charge in [0.25, 0.3) is 0 Å². The van der Waals surface area contributed by atoms with Gasteiger partial charge < -0.3 is 0 Å². The predicted molar refractivity (Wildman–Crippen MR) is 113 cm³/mol. The van der Waals surface area contributed by atoms with Gasteiger partial charge in [0, 0.05) is 30.4 Å². The van der Waals surface area contributed by atoms with Crippen molar-refractivity contribution < 1.29 is 0 Å². The third-order valence-electron chi connectivity index (χ3n) is 4.53. The maximum Gasteiger partial charge on any atom is 0.178 e. The quantitative estimate of drug-likeness (QED) is 0.429. The highest BCUT2D eigenvalue weighted by Crippen LogP contribution is 2.39. The lowest BCUT2D eigenvalue weighted by Gasteiger charge is -2.10. The standard InChI is InChI=1S/C22H21N5S/c1-3-7-15(2)19-20(28-22(27-19)16-8-5-11-23-14-16)17-9-4-10-18(26-17)21-24-12-6-13-25-21/h4-6,8-15H,3,7H2,1-2H3. The molecule has 0 aromatic carbocycles. The molecule has 0 fully saturated rings. The predicted octanol–water partition coefficient (Wildman–Crippen LogP) is 5.63. The molecule has 0 N–H and O–H groups in total. The number of aromatic nitrogens is 5. The topological polar surface area (TPSA) is 64.5 Å². The van der Waals surface area contributed by atoms with Gasteiger partial charge in [0.1, 0.15) is 10.7 Å². The van der Waals surface area contributed by atoms with Gasteiger partial charge in [0.05, 0.1) is 16.3 Å². The second-order valence-electron chi connectivity index (χ2n) is 6.65. The Morgan fingerprint density at radius 1 is 0.929 bits per heavy atom. The Labute approximate surface area is 168 Å². The minimum absolute atomic E-state index is 0.361. The second-order valence-corrected chi connectivity index (χ2v) is 7.64. The largest absolute Gasteiger partial charge is 0.264 e. The SMILES string of the molecule is CCCC(C)c1nc(-c2cccnc2)sc1-c1cccc(-c2ncccn2)n1. The van der Waals surface area contributed by atoms with Crippen molar-refractivity contribution in [2.75, 3.05) is 0 Å². The van der Waals surface area contributed by atoms with E-state index in [1.807, 2.05) is 36.5 Å². The maximum atomic E-state index is 4.99.